The maximum absolute atomic E-state index is 9.10. The van der Waals surface area contributed by atoms with Crippen LogP contribution >= 0.6 is 15.9 Å². The van der Waals surface area contributed by atoms with Gasteiger partial charge in [0.25, 0.3) is 0 Å². The molecular formula is C13H15BrN2O. The largest absolute Gasteiger partial charge is 0.379 e. The Bertz CT molecular complexity index is 442. The highest BCUT2D eigenvalue weighted by atomic mass is 79.9. The van der Waals surface area contributed by atoms with E-state index in [2.05, 4.69) is 27.3 Å². The molecule has 1 N–H and O–H groups in total. The van der Waals surface area contributed by atoms with Crippen molar-refractivity contribution < 1.29 is 4.74 Å². The monoisotopic (exact) mass is 294 g/mol. The van der Waals surface area contributed by atoms with Crippen molar-refractivity contribution in [3.63, 3.8) is 0 Å². The highest BCUT2D eigenvalue weighted by Gasteiger charge is 2.27. The lowest BCUT2D eigenvalue weighted by molar-refractivity contribution is 0.101. The first-order valence-electron chi connectivity index (χ1n) is 5.73. The SMILES string of the molecule is COC1CCCC1Nc1ccc(Br)cc1C#N. The molecule has 1 fully saturated rings. The van der Waals surface area contributed by atoms with E-state index in [0.29, 0.717) is 11.6 Å². The summed E-state index contributed by atoms with van der Waals surface area (Å²) in [6, 6.07) is 8.24. The normalized spacial score (nSPS) is 23.4. The predicted molar refractivity (Wildman–Crippen MR) is 70.9 cm³/mol. The van der Waals surface area contributed by atoms with Crippen LogP contribution in [0.2, 0.25) is 0 Å². The molecule has 4 heteroatoms. The van der Waals surface area contributed by atoms with Crippen LogP contribution in [0.15, 0.2) is 22.7 Å². The number of ether oxygens (including phenoxy) is 1. The molecule has 0 amide bonds. The van der Waals surface area contributed by atoms with E-state index >= 15 is 0 Å². The van der Waals surface area contributed by atoms with Gasteiger partial charge in [-0.2, -0.15) is 5.26 Å². The van der Waals surface area contributed by atoms with E-state index in [1.807, 2.05) is 18.2 Å². The van der Waals surface area contributed by atoms with Gasteiger partial charge >= 0.3 is 0 Å². The Morgan fingerprint density at radius 2 is 2.29 bits per heavy atom. The number of methoxy groups -OCH3 is 1. The maximum Gasteiger partial charge on any atom is 0.101 e. The highest BCUT2D eigenvalue weighted by Crippen LogP contribution is 2.27. The summed E-state index contributed by atoms with van der Waals surface area (Å²) < 4.78 is 6.36. The molecule has 0 spiro atoms. The van der Waals surface area contributed by atoms with E-state index in [1.165, 1.54) is 6.42 Å². The van der Waals surface area contributed by atoms with Crippen LogP contribution in [0.5, 0.6) is 0 Å². The predicted octanol–water partition coefficient (Wildman–Crippen LogP) is 3.30. The molecule has 3 nitrogen and oxygen atoms in total. The van der Waals surface area contributed by atoms with Crippen LogP contribution in [0.1, 0.15) is 24.8 Å². The number of halogens is 1. The average molecular weight is 295 g/mol. The fraction of sp³-hybridized carbons (Fsp3) is 0.462. The number of anilines is 1. The molecule has 1 aromatic rings. The molecule has 17 heavy (non-hydrogen) atoms. The van der Waals surface area contributed by atoms with Crippen LogP contribution in [-0.4, -0.2) is 19.3 Å². The number of nitrogens with one attached hydrogen (secondary N) is 1. The van der Waals surface area contributed by atoms with Gasteiger partial charge in [0, 0.05) is 11.6 Å². The molecule has 0 saturated heterocycles. The zero-order chi connectivity index (χ0) is 12.3. The van der Waals surface area contributed by atoms with Crippen LogP contribution in [-0.2, 0) is 4.74 Å². The first kappa shape index (κ1) is 12.4. The number of hydrogen-bond donors (Lipinski definition) is 1. The molecule has 1 aliphatic carbocycles. The van der Waals surface area contributed by atoms with Crippen molar-refractivity contribution in [1.29, 1.82) is 5.26 Å². The standard InChI is InChI=1S/C13H15BrN2O/c1-17-13-4-2-3-12(13)16-11-6-5-10(14)7-9(11)8-15/h5-7,12-13,16H,2-4H2,1H3. The Labute approximate surface area is 110 Å². The summed E-state index contributed by atoms with van der Waals surface area (Å²) >= 11 is 3.37. The second-order valence-corrected chi connectivity index (χ2v) is 5.17. The minimum atomic E-state index is 0.255. The van der Waals surface area contributed by atoms with Crippen molar-refractivity contribution in [3.05, 3.63) is 28.2 Å². The van der Waals surface area contributed by atoms with E-state index < -0.39 is 0 Å². The Morgan fingerprint density at radius 3 is 3.00 bits per heavy atom. The van der Waals surface area contributed by atoms with Gasteiger partial charge in [-0.3, -0.25) is 0 Å². The molecule has 0 heterocycles. The third kappa shape index (κ3) is 2.80. The minimum Gasteiger partial charge on any atom is -0.379 e. The van der Waals surface area contributed by atoms with Gasteiger partial charge in [-0.1, -0.05) is 15.9 Å². The van der Waals surface area contributed by atoms with Gasteiger partial charge in [0.2, 0.25) is 0 Å². The van der Waals surface area contributed by atoms with Gasteiger partial charge in [-0.25, -0.2) is 0 Å². The Morgan fingerprint density at radius 1 is 1.47 bits per heavy atom. The van der Waals surface area contributed by atoms with Gasteiger partial charge in [-0.05, 0) is 37.5 Å². The topological polar surface area (TPSA) is 45.0 Å². The maximum atomic E-state index is 9.10. The Hall–Kier alpha value is -1.05. The van der Waals surface area contributed by atoms with Gasteiger partial charge in [0.1, 0.15) is 6.07 Å². The van der Waals surface area contributed by atoms with Crippen LogP contribution in [0, 0.1) is 11.3 Å². The van der Waals surface area contributed by atoms with Gasteiger partial charge in [-0.15, -0.1) is 0 Å². The average Bonchev–Trinajstić information content (AvgIpc) is 2.78. The van der Waals surface area contributed by atoms with Crippen LogP contribution in [0.25, 0.3) is 0 Å². The smallest absolute Gasteiger partial charge is 0.101 e. The highest BCUT2D eigenvalue weighted by molar-refractivity contribution is 9.10. The lowest BCUT2D eigenvalue weighted by Gasteiger charge is -2.21. The van der Waals surface area contributed by atoms with Crippen molar-refractivity contribution in [2.75, 3.05) is 12.4 Å². The van der Waals surface area contributed by atoms with E-state index in [4.69, 9.17) is 10.00 Å². The summed E-state index contributed by atoms with van der Waals surface area (Å²) in [4.78, 5) is 0. The van der Waals surface area contributed by atoms with Crippen molar-refractivity contribution >= 4 is 21.6 Å². The lowest BCUT2D eigenvalue weighted by Crippen LogP contribution is -2.30. The second-order valence-electron chi connectivity index (χ2n) is 4.26. The Kier molecular flexibility index (Phi) is 4.03. The molecular weight excluding hydrogens is 280 g/mol. The van der Waals surface area contributed by atoms with Crippen molar-refractivity contribution in [1.82, 2.24) is 0 Å². The molecule has 0 aliphatic heterocycles. The van der Waals surface area contributed by atoms with E-state index in [9.17, 15) is 0 Å². The van der Waals surface area contributed by atoms with Crippen molar-refractivity contribution in [2.45, 2.75) is 31.4 Å². The molecule has 1 aromatic carbocycles. The van der Waals surface area contributed by atoms with E-state index in [1.54, 1.807) is 7.11 Å². The first-order valence-corrected chi connectivity index (χ1v) is 6.53. The number of rotatable bonds is 3. The van der Waals surface area contributed by atoms with Crippen LogP contribution < -0.4 is 5.32 Å². The molecule has 90 valence electrons. The summed E-state index contributed by atoms with van der Waals surface area (Å²) in [6.07, 6.45) is 3.62. The zero-order valence-electron chi connectivity index (χ0n) is 9.74. The number of nitriles is 1. The minimum absolute atomic E-state index is 0.255. The fourth-order valence-corrected chi connectivity index (χ4v) is 2.67. The first-order chi connectivity index (χ1) is 8.24. The quantitative estimate of drug-likeness (QED) is 0.930. The molecule has 1 saturated carbocycles. The van der Waals surface area contributed by atoms with Crippen LogP contribution in [0.3, 0.4) is 0 Å². The molecule has 2 atom stereocenters. The summed E-state index contributed by atoms with van der Waals surface area (Å²) in [6.45, 7) is 0. The fourth-order valence-electron chi connectivity index (χ4n) is 2.31. The van der Waals surface area contributed by atoms with Gasteiger partial charge < -0.3 is 10.1 Å². The summed E-state index contributed by atoms with van der Waals surface area (Å²) in [5.41, 5.74) is 1.56. The number of hydrogen-bond acceptors (Lipinski definition) is 3. The van der Waals surface area contributed by atoms with E-state index in [-0.39, 0.29) is 6.10 Å². The molecule has 0 radical (unpaired) electrons. The molecule has 2 rings (SSSR count). The van der Waals surface area contributed by atoms with E-state index in [0.717, 1.165) is 23.0 Å². The molecule has 0 bridgehead atoms. The molecule has 0 aromatic heterocycles. The summed E-state index contributed by atoms with van der Waals surface area (Å²) in [5.74, 6) is 0. The summed E-state index contributed by atoms with van der Waals surface area (Å²) in [7, 11) is 1.75. The third-order valence-electron chi connectivity index (χ3n) is 3.20. The zero-order valence-corrected chi connectivity index (χ0v) is 11.3. The van der Waals surface area contributed by atoms with Gasteiger partial charge in [0.15, 0.2) is 0 Å². The Balaban J connectivity index is 2.16. The van der Waals surface area contributed by atoms with Crippen LogP contribution in [0.4, 0.5) is 5.69 Å². The van der Waals surface area contributed by atoms with Gasteiger partial charge in [0.05, 0.1) is 23.4 Å². The van der Waals surface area contributed by atoms with Crippen molar-refractivity contribution in [3.8, 4) is 6.07 Å². The number of nitrogens with zero attached hydrogens (tertiary/aromatic N) is 1. The number of benzene rings is 1. The second kappa shape index (κ2) is 5.52. The third-order valence-corrected chi connectivity index (χ3v) is 3.69. The lowest BCUT2D eigenvalue weighted by atomic mass is 10.1. The summed E-state index contributed by atoms with van der Waals surface area (Å²) in [5, 5.41) is 12.5. The molecule has 1 aliphatic rings. The van der Waals surface area contributed by atoms with Crippen molar-refractivity contribution in [2.24, 2.45) is 0 Å². The molecule has 2 unspecified atom stereocenters.